The average Bonchev–Trinajstić information content (AvgIpc) is 3.18. The number of hydrogen-bond donors (Lipinski definition) is 1. The number of anilines is 1. The van der Waals surface area contributed by atoms with Crippen LogP contribution in [0.3, 0.4) is 0 Å². The van der Waals surface area contributed by atoms with Crippen LogP contribution in [0.1, 0.15) is 6.42 Å². The third-order valence-corrected chi connectivity index (χ3v) is 5.18. The van der Waals surface area contributed by atoms with Crippen molar-refractivity contribution in [1.82, 2.24) is 10.2 Å². The number of carbonyl (C=O) groups is 1. The third kappa shape index (κ3) is 4.35. The van der Waals surface area contributed by atoms with Gasteiger partial charge in [-0.05, 0) is 41.1 Å². The minimum Gasteiger partial charge on any atom is -0.411 e. The highest BCUT2D eigenvalue weighted by Crippen LogP contribution is 2.29. The smallest absolute Gasteiger partial charge is 0.276 e. The fraction of sp³-hybridized carbons (Fsp3) is 0.0952. The summed E-state index contributed by atoms with van der Waals surface area (Å²) in [5.41, 5.74) is 1.62. The molecule has 0 fully saturated rings. The first-order chi connectivity index (χ1) is 13.7. The Morgan fingerprint density at radius 3 is 2.64 bits per heavy atom. The minimum absolute atomic E-state index is 0.0800. The van der Waals surface area contributed by atoms with Gasteiger partial charge in [0, 0.05) is 28.4 Å². The summed E-state index contributed by atoms with van der Waals surface area (Å²) in [5, 5.41) is 14.3. The van der Waals surface area contributed by atoms with Crippen LogP contribution in [0.2, 0.25) is 5.02 Å². The minimum atomic E-state index is -0.0800. The number of amides is 1. The van der Waals surface area contributed by atoms with Gasteiger partial charge in [0.2, 0.25) is 11.8 Å². The highest BCUT2D eigenvalue weighted by atomic mass is 35.5. The van der Waals surface area contributed by atoms with Crippen LogP contribution in [-0.4, -0.2) is 21.9 Å². The number of hydrogen-bond acceptors (Lipinski definition) is 5. The fourth-order valence-corrected chi connectivity index (χ4v) is 3.60. The van der Waals surface area contributed by atoms with Crippen molar-refractivity contribution in [2.75, 3.05) is 11.1 Å². The number of thioether (sulfide) groups is 1. The maximum atomic E-state index is 12.0. The molecule has 3 aromatic carbocycles. The lowest BCUT2D eigenvalue weighted by Crippen LogP contribution is -2.11. The summed E-state index contributed by atoms with van der Waals surface area (Å²) in [6.45, 7) is 0. The Morgan fingerprint density at radius 1 is 1.00 bits per heavy atom. The van der Waals surface area contributed by atoms with E-state index in [-0.39, 0.29) is 5.91 Å². The molecule has 7 heteroatoms. The number of fused-ring (bicyclic) bond motifs is 1. The number of carbonyl (C=O) groups excluding carboxylic acids is 1. The van der Waals surface area contributed by atoms with Crippen LogP contribution < -0.4 is 5.32 Å². The van der Waals surface area contributed by atoms with Gasteiger partial charge in [-0.1, -0.05) is 59.8 Å². The van der Waals surface area contributed by atoms with Crippen molar-refractivity contribution < 1.29 is 9.21 Å². The second-order valence-electron chi connectivity index (χ2n) is 6.05. The van der Waals surface area contributed by atoms with E-state index in [1.165, 1.54) is 11.8 Å². The molecule has 0 aliphatic rings. The van der Waals surface area contributed by atoms with E-state index in [1.807, 2.05) is 42.5 Å². The molecule has 0 aliphatic carbocycles. The molecule has 0 atom stereocenters. The number of halogens is 1. The first-order valence-electron chi connectivity index (χ1n) is 8.69. The second kappa shape index (κ2) is 8.46. The predicted octanol–water partition coefficient (Wildman–Crippen LogP) is 5.66. The molecule has 1 amide bonds. The maximum absolute atomic E-state index is 12.0. The van der Waals surface area contributed by atoms with Gasteiger partial charge in [0.15, 0.2) is 0 Å². The monoisotopic (exact) mass is 409 g/mol. The molecular weight excluding hydrogens is 394 g/mol. The number of nitrogens with one attached hydrogen (secondary N) is 1. The van der Waals surface area contributed by atoms with Crippen molar-refractivity contribution in [2.45, 2.75) is 11.6 Å². The molecule has 140 valence electrons. The molecule has 5 nitrogen and oxygen atoms in total. The molecule has 0 radical (unpaired) electrons. The van der Waals surface area contributed by atoms with Gasteiger partial charge in [0.25, 0.3) is 5.22 Å². The summed E-state index contributed by atoms with van der Waals surface area (Å²) >= 11 is 7.20. The second-order valence-corrected chi connectivity index (χ2v) is 7.54. The first-order valence-corrected chi connectivity index (χ1v) is 10.1. The number of benzene rings is 3. The summed E-state index contributed by atoms with van der Waals surface area (Å²) in [6.07, 6.45) is 0.333. The largest absolute Gasteiger partial charge is 0.411 e. The van der Waals surface area contributed by atoms with Gasteiger partial charge in [0.1, 0.15) is 0 Å². The first kappa shape index (κ1) is 18.5. The van der Waals surface area contributed by atoms with Crippen molar-refractivity contribution in [2.24, 2.45) is 0 Å². The van der Waals surface area contributed by atoms with Crippen LogP contribution in [0.15, 0.2) is 76.4 Å². The molecule has 28 heavy (non-hydrogen) atoms. The van der Waals surface area contributed by atoms with E-state index in [1.54, 1.807) is 24.3 Å². The molecule has 0 saturated carbocycles. The summed E-state index contributed by atoms with van der Waals surface area (Å²) in [7, 11) is 0. The van der Waals surface area contributed by atoms with Gasteiger partial charge in [-0.15, -0.1) is 10.2 Å². The molecule has 0 bridgehead atoms. The molecule has 1 heterocycles. The predicted molar refractivity (Wildman–Crippen MR) is 113 cm³/mol. The summed E-state index contributed by atoms with van der Waals surface area (Å²) in [4.78, 5) is 12.0. The third-order valence-electron chi connectivity index (χ3n) is 4.11. The van der Waals surface area contributed by atoms with Crippen LogP contribution in [-0.2, 0) is 4.79 Å². The highest BCUT2D eigenvalue weighted by molar-refractivity contribution is 7.99. The topological polar surface area (TPSA) is 68.0 Å². The van der Waals surface area contributed by atoms with Gasteiger partial charge in [0.05, 0.1) is 0 Å². The molecule has 0 aliphatic heterocycles. The molecule has 0 saturated heterocycles. The molecule has 4 rings (SSSR count). The van der Waals surface area contributed by atoms with E-state index in [0.29, 0.717) is 28.3 Å². The Hall–Kier alpha value is -2.83. The van der Waals surface area contributed by atoms with Crippen LogP contribution in [0, 0.1) is 0 Å². The number of nitrogens with zero attached hydrogens (tertiary/aromatic N) is 2. The Labute approximate surface area is 171 Å². The zero-order valence-electron chi connectivity index (χ0n) is 14.8. The van der Waals surface area contributed by atoms with Crippen molar-refractivity contribution in [3.8, 4) is 11.5 Å². The van der Waals surface area contributed by atoms with Crippen LogP contribution >= 0.6 is 23.4 Å². The molecule has 1 aromatic heterocycles. The fourth-order valence-electron chi connectivity index (χ4n) is 2.78. The van der Waals surface area contributed by atoms with E-state index in [4.69, 9.17) is 16.0 Å². The van der Waals surface area contributed by atoms with Gasteiger partial charge >= 0.3 is 0 Å². The standard InChI is InChI=1S/C21H16ClN3O2S/c22-15-8-10-16(11-9-15)23-19(26)12-13-28-21-25-24-20(27-21)18-7-3-5-14-4-1-2-6-17(14)18/h1-11H,12-13H2,(H,23,26). The SMILES string of the molecule is O=C(CCSc1nnc(-c2cccc3ccccc23)o1)Nc1ccc(Cl)cc1. The highest BCUT2D eigenvalue weighted by Gasteiger charge is 2.12. The van der Waals surface area contributed by atoms with Crippen LogP contribution in [0.4, 0.5) is 5.69 Å². The van der Waals surface area contributed by atoms with Gasteiger partial charge in [-0.3, -0.25) is 4.79 Å². The molecule has 4 aromatic rings. The Bertz CT molecular complexity index is 1110. The zero-order chi connectivity index (χ0) is 19.3. The Kier molecular flexibility index (Phi) is 5.60. The lowest BCUT2D eigenvalue weighted by atomic mass is 10.0. The van der Waals surface area contributed by atoms with E-state index >= 15 is 0 Å². The number of rotatable bonds is 6. The van der Waals surface area contributed by atoms with E-state index in [2.05, 4.69) is 15.5 Å². The summed E-state index contributed by atoms with van der Waals surface area (Å²) in [6, 6.07) is 21.0. The van der Waals surface area contributed by atoms with Gasteiger partial charge < -0.3 is 9.73 Å². The normalized spacial score (nSPS) is 10.9. The molecule has 0 spiro atoms. The zero-order valence-corrected chi connectivity index (χ0v) is 16.3. The van der Waals surface area contributed by atoms with Crippen LogP contribution in [0.25, 0.3) is 22.2 Å². The van der Waals surface area contributed by atoms with Crippen molar-refractivity contribution in [1.29, 1.82) is 0 Å². The van der Waals surface area contributed by atoms with E-state index in [9.17, 15) is 4.79 Å². The average molecular weight is 410 g/mol. The molecule has 1 N–H and O–H groups in total. The summed E-state index contributed by atoms with van der Waals surface area (Å²) < 4.78 is 5.79. The van der Waals surface area contributed by atoms with E-state index < -0.39 is 0 Å². The van der Waals surface area contributed by atoms with Gasteiger partial charge in [-0.25, -0.2) is 0 Å². The quantitative estimate of drug-likeness (QED) is 0.416. The lowest BCUT2D eigenvalue weighted by molar-refractivity contribution is -0.115. The summed E-state index contributed by atoms with van der Waals surface area (Å²) in [5.74, 6) is 0.935. The number of aromatic nitrogens is 2. The maximum Gasteiger partial charge on any atom is 0.276 e. The molecular formula is C21H16ClN3O2S. The van der Waals surface area contributed by atoms with Crippen molar-refractivity contribution in [3.63, 3.8) is 0 Å². The molecule has 0 unspecified atom stereocenters. The van der Waals surface area contributed by atoms with E-state index in [0.717, 1.165) is 22.0 Å². The Morgan fingerprint density at radius 2 is 1.79 bits per heavy atom. The van der Waals surface area contributed by atoms with Crippen LogP contribution in [0.5, 0.6) is 0 Å². The lowest BCUT2D eigenvalue weighted by Gasteiger charge is -2.04. The van der Waals surface area contributed by atoms with Gasteiger partial charge in [-0.2, -0.15) is 0 Å². The Balaban J connectivity index is 1.36. The van der Waals surface area contributed by atoms with Crippen molar-refractivity contribution >= 4 is 45.7 Å². The van der Waals surface area contributed by atoms with Crippen molar-refractivity contribution in [3.05, 3.63) is 71.8 Å².